The van der Waals surface area contributed by atoms with E-state index in [-0.39, 0.29) is 5.75 Å². The Bertz CT molecular complexity index is 660. The number of amides is 3. The van der Waals surface area contributed by atoms with Crippen molar-refractivity contribution in [2.75, 3.05) is 5.75 Å². The Morgan fingerprint density at radius 2 is 2.17 bits per heavy atom. The van der Waals surface area contributed by atoms with Crippen LogP contribution in [0.5, 0.6) is 0 Å². The van der Waals surface area contributed by atoms with Gasteiger partial charge in [-0.1, -0.05) is 11.8 Å². The lowest BCUT2D eigenvalue weighted by molar-refractivity contribution is -0.117. The van der Waals surface area contributed by atoms with Gasteiger partial charge < -0.3 is 14.3 Å². The summed E-state index contributed by atoms with van der Waals surface area (Å²) in [5, 5.41) is 13.3. The van der Waals surface area contributed by atoms with Gasteiger partial charge in [0.15, 0.2) is 5.16 Å². The SMILES string of the molecule is CC(C)(C)NC(=O)NC(=O)CSc1nncn1Cc1ccco1. The van der Waals surface area contributed by atoms with Gasteiger partial charge in [0, 0.05) is 5.54 Å². The van der Waals surface area contributed by atoms with Crippen LogP contribution in [-0.2, 0) is 11.3 Å². The minimum atomic E-state index is -0.514. The summed E-state index contributed by atoms with van der Waals surface area (Å²) in [7, 11) is 0. The maximum atomic E-state index is 11.8. The molecular weight excluding hydrogens is 318 g/mol. The van der Waals surface area contributed by atoms with Gasteiger partial charge in [0.25, 0.3) is 0 Å². The summed E-state index contributed by atoms with van der Waals surface area (Å²) < 4.78 is 7.04. The maximum Gasteiger partial charge on any atom is 0.321 e. The number of imide groups is 1. The van der Waals surface area contributed by atoms with E-state index in [0.29, 0.717) is 11.7 Å². The molecule has 0 fully saturated rings. The number of carbonyl (C=O) groups is 2. The molecule has 0 radical (unpaired) electrons. The third kappa shape index (κ3) is 5.78. The van der Waals surface area contributed by atoms with Gasteiger partial charge in [0.05, 0.1) is 18.6 Å². The Morgan fingerprint density at radius 1 is 1.39 bits per heavy atom. The number of furan rings is 1. The Labute approximate surface area is 138 Å². The first-order valence-electron chi connectivity index (χ1n) is 6.98. The smallest absolute Gasteiger partial charge is 0.321 e. The van der Waals surface area contributed by atoms with Crippen LogP contribution in [-0.4, -0.2) is 38.0 Å². The Balaban J connectivity index is 1.83. The number of hydrogen-bond acceptors (Lipinski definition) is 6. The van der Waals surface area contributed by atoms with Crippen LogP contribution in [0.3, 0.4) is 0 Å². The van der Waals surface area contributed by atoms with E-state index in [0.717, 1.165) is 5.76 Å². The quantitative estimate of drug-likeness (QED) is 0.804. The van der Waals surface area contributed by atoms with Crippen molar-refractivity contribution in [3.8, 4) is 0 Å². The molecule has 0 aliphatic carbocycles. The molecule has 9 heteroatoms. The Morgan fingerprint density at radius 3 is 2.83 bits per heavy atom. The number of urea groups is 1. The average Bonchev–Trinajstić information content (AvgIpc) is 3.06. The van der Waals surface area contributed by atoms with E-state index in [9.17, 15) is 9.59 Å². The molecule has 0 aliphatic heterocycles. The van der Waals surface area contributed by atoms with E-state index in [1.54, 1.807) is 23.2 Å². The molecule has 2 N–H and O–H groups in total. The van der Waals surface area contributed by atoms with Gasteiger partial charge in [-0.2, -0.15) is 0 Å². The second kappa shape index (κ2) is 7.32. The molecule has 2 aromatic heterocycles. The summed E-state index contributed by atoms with van der Waals surface area (Å²) in [6.45, 7) is 5.99. The van der Waals surface area contributed by atoms with Crippen LogP contribution in [0.25, 0.3) is 0 Å². The van der Waals surface area contributed by atoms with Crippen LogP contribution in [0.2, 0.25) is 0 Å². The van der Waals surface area contributed by atoms with Gasteiger partial charge in [-0.05, 0) is 32.9 Å². The largest absolute Gasteiger partial charge is 0.467 e. The third-order valence-electron chi connectivity index (χ3n) is 2.56. The molecule has 0 bridgehead atoms. The Kier molecular flexibility index (Phi) is 5.43. The van der Waals surface area contributed by atoms with Crippen LogP contribution >= 0.6 is 11.8 Å². The van der Waals surface area contributed by atoms with Crippen molar-refractivity contribution in [2.45, 2.75) is 38.0 Å². The van der Waals surface area contributed by atoms with Crippen LogP contribution in [0.4, 0.5) is 4.79 Å². The number of nitrogens with one attached hydrogen (secondary N) is 2. The second-order valence-corrected chi connectivity index (χ2v) is 6.80. The molecule has 2 heterocycles. The fraction of sp³-hybridized carbons (Fsp3) is 0.429. The molecule has 2 aromatic rings. The summed E-state index contributed by atoms with van der Waals surface area (Å²) in [4.78, 5) is 23.4. The number of thioether (sulfide) groups is 1. The molecule has 0 unspecified atom stereocenters. The molecule has 0 atom stereocenters. The highest BCUT2D eigenvalue weighted by atomic mass is 32.2. The van der Waals surface area contributed by atoms with Crippen molar-refractivity contribution >= 4 is 23.7 Å². The van der Waals surface area contributed by atoms with E-state index in [2.05, 4.69) is 20.8 Å². The lowest BCUT2D eigenvalue weighted by atomic mass is 10.1. The van der Waals surface area contributed by atoms with E-state index >= 15 is 0 Å². The van der Waals surface area contributed by atoms with Crippen molar-refractivity contribution in [1.29, 1.82) is 0 Å². The van der Waals surface area contributed by atoms with Gasteiger partial charge in [0.1, 0.15) is 12.1 Å². The molecule has 2 rings (SSSR count). The van der Waals surface area contributed by atoms with Crippen LogP contribution in [0.15, 0.2) is 34.3 Å². The van der Waals surface area contributed by atoms with Gasteiger partial charge in [-0.25, -0.2) is 4.79 Å². The topological polar surface area (TPSA) is 102 Å². The third-order valence-corrected chi connectivity index (χ3v) is 3.54. The molecule has 23 heavy (non-hydrogen) atoms. The molecule has 0 saturated heterocycles. The zero-order chi connectivity index (χ0) is 16.9. The van der Waals surface area contributed by atoms with E-state index < -0.39 is 17.5 Å². The van der Waals surface area contributed by atoms with Gasteiger partial charge >= 0.3 is 6.03 Å². The molecule has 3 amide bonds. The fourth-order valence-corrected chi connectivity index (χ4v) is 2.41. The molecule has 0 spiro atoms. The normalized spacial score (nSPS) is 11.3. The van der Waals surface area contributed by atoms with Gasteiger partial charge in [0.2, 0.25) is 5.91 Å². The maximum absolute atomic E-state index is 11.8. The predicted octanol–water partition coefficient (Wildman–Crippen LogP) is 1.64. The molecule has 0 aliphatic rings. The number of carbonyl (C=O) groups excluding carboxylic acids is 2. The first-order valence-corrected chi connectivity index (χ1v) is 7.97. The standard InChI is InChI=1S/C14H19N5O3S/c1-14(2,3)17-12(21)16-11(20)8-23-13-18-15-9-19(13)7-10-5-4-6-22-10/h4-6,9H,7-8H2,1-3H3,(H2,16,17,20,21). The summed E-state index contributed by atoms with van der Waals surface area (Å²) in [5.74, 6) is 0.430. The number of aromatic nitrogens is 3. The lowest BCUT2D eigenvalue weighted by Crippen LogP contribution is -2.48. The van der Waals surface area contributed by atoms with E-state index in [1.807, 2.05) is 26.8 Å². The number of hydrogen-bond donors (Lipinski definition) is 2. The molecule has 0 saturated carbocycles. The Hall–Kier alpha value is -2.29. The van der Waals surface area contributed by atoms with Crippen molar-refractivity contribution in [3.05, 3.63) is 30.5 Å². The summed E-state index contributed by atoms with van der Waals surface area (Å²) in [5.41, 5.74) is -0.402. The molecular formula is C14H19N5O3S. The van der Waals surface area contributed by atoms with Crippen molar-refractivity contribution < 1.29 is 14.0 Å². The zero-order valence-electron chi connectivity index (χ0n) is 13.2. The average molecular weight is 337 g/mol. The van der Waals surface area contributed by atoms with E-state index in [4.69, 9.17) is 4.42 Å². The number of rotatable bonds is 5. The number of nitrogens with zero attached hydrogens (tertiary/aromatic N) is 3. The highest BCUT2D eigenvalue weighted by molar-refractivity contribution is 7.99. The molecule has 0 aromatic carbocycles. The zero-order valence-corrected chi connectivity index (χ0v) is 14.0. The predicted molar refractivity (Wildman–Crippen MR) is 85.0 cm³/mol. The summed E-state index contributed by atoms with van der Waals surface area (Å²) >= 11 is 1.20. The van der Waals surface area contributed by atoms with Crippen LogP contribution in [0.1, 0.15) is 26.5 Å². The summed E-state index contributed by atoms with van der Waals surface area (Å²) in [6.07, 6.45) is 3.16. The first-order chi connectivity index (χ1) is 10.8. The van der Waals surface area contributed by atoms with Crippen molar-refractivity contribution in [3.63, 3.8) is 0 Å². The highest BCUT2D eigenvalue weighted by Crippen LogP contribution is 2.16. The van der Waals surface area contributed by atoms with Gasteiger partial charge in [-0.15, -0.1) is 10.2 Å². The first kappa shape index (κ1) is 17.1. The van der Waals surface area contributed by atoms with Crippen molar-refractivity contribution in [1.82, 2.24) is 25.4 Å². The molecule has 124 valence electrons. The fourth-order valence-electron chi connectivity index (χ4n) is 1.70. The lowest BCUT2D eigenvalue weighted by Gasteiger charge is -2.20. The highest BCUT2D eigenvalue weighted by Gasteiger charge is 2.16. The minimum absolute atomic E-state index is 0.0639. The van der Waals surface area contributed by atoms with Gasteiger partial charge in [-0.3, -0.25) is 10.1 Å². The van der Waals surface area contributed by atoms with Crippen LogP contribution in [0, 0.1) is 0 Å². The van der Waals surface area contributed by atoms with Crippen LogP contribution < -0.4 is 10.6 Å². The monoisotopic (exact) mass is 337 g/mol. The minimum Gasteiger partial charge on any atom is -0.467 e. The second-order valence-electron chi connectivity index (χ2n) is 5.86. The van der Waals surface area contributed by atoms with Crippen molar-refractivity contribution in [2.24, 2.45) is 0 Å². The molecule has 8 nitrogen and oxygen atoms in total. The van der Waals surface area contributed by atoms with E-state index in [1.165, 1.54) is 11.8 Å². The summed E-state index contributed by atoms with van der Waals surface area (Å²) in [6, 6.07) is 3.13.